The van der Waals surface area contributed by atoms with E-state index in [9.17, 15) is 14.9 Å². The molecular weight excluding hydrogens is 280 g/mol. The van der Waals surface area contributed by atoms with Gasteiger partial charge in [0, 0.05) is 10.9 Å². The summed E-state index contributed by atoms with van der Waals surface area (Å²) < 4.78 is 4.77. The molecule has 88 valence electrons. The Balaban J connectivity index is 2.77. The van der Waals surface area contributed by atoms with Gasteiger partial charge in [-0.25, -0.2) is 0 Å². The van der Waals surface area contributed by atoms with Crippen LogP contribution in [0.15, 0.2) is 16.5 Å². The first-order chi connectivity index (χ1) is 7.35. The molecule has 0 bridgehead atoms. The first-order valence-corrected chi connectivity index (χ1v) is 5.60. The number of nitrogens with one attached hydrogen (secondary N) is 1. The van der Waals surface area contributed by atoms with E-state index < -0.39 is 22.3 Å². The second kappa shape index (κ2) is 4.65. The fraction of sp³-hybridized carbons (Fsp3) is 0.444. The van der Waals surface area contributed by atoms with Crippen molar-refractivity contribution < 1.29 is 14.1 Å². The molecule has 0 saturated heterocycles. The van der Waals surface area contributed by atoms with Crippen LogP contribution >= 0.6 is 15.9 Å². The molecule has 1 N–H and O–H groups in total. The maximum absolute atomic E-state index is 11.6. The largest absolute Gasteiger partial charge is 0.433 e. The fourth-order valence-electron chi connectivity index (χ4n) is 0.950. The van der Waals surface area contributed by atoms with Crippen molar-refractivity contribution in [1.29, 1.82) is 0 Å². The Morgan fingerprint density at radius 2 is 2.25 bits per heavy atom. The van der Waals surface area contributed by atoms with Gasteiger partial charge in [0.15, 0.2) is 5.76 Å². The molecule has 0 radical (unpaired) electrons. The van der Waals surface area contributed by atoms with Crippen molar-refractivity contribution >= 4 is 27.7 Å². The first-order valence-electron chi connectivity index (χ1n) is 4.48. The van der Waals surface area contributed by atoms with Crippen molar-refractivity contribution in [3.8, 4) is 0 Å². The molecule has 1 aromatic rings. The minimum absolute atomic E-state index is 0.0688. The van der Waals surface area contributed by atoms with E-state index in [2.05, 4.69) is 21.2 Å². The summed E-state index contributed by atoms with van der Waals surface area (Å²) in [6.45, 7) is 3.63. The van der Waals surface area contributed by atoms with Crippen LogP contribution < -0.4 is 5.32 Å². The molecule has 0 aliphatic heterocycles. The van der Waals surface area contributed by atoms with Crippen LogP contribution in [-0.2, 0) is 0 Å². The second-order valence-electron chi connectivity index (χ2n) is 3.87. The smallest absolute Gasteiger partial charge is 0.395 e. The molecule has 0 fully saturated rings. The van der Waals surface area contributed by atoms with Gasteiger partial charge in [-0.2, -0.15) is 0 Å². The Kier molecular flexibility index (Phi) is 3.69. The van der Waals surface area contributed by atoms with Gasteiger partial charge in [-0.3, -0.25) is 14.9 Å². The van der Waals surface area contributed by atoms with Crippen LogP contribution in [0.2, 0.25) is 0 Å². The van der Waals surface area contributed by atoms with E-state index in [1.165, 1.54) is 6.07 Å². The standard InChI is InChI=1S/C9H11BrN2O4/c1-9(2,5-10)11-8(13)6-3-4-7(16-6)12(14)15/h3-4H,5H2,1-2H3,(H,11,13). The summed E-state index contributed by atoms with van der Waals surface area (Å²) in [4.78, 5) is 21.3. The zero-order valence-corrected chi connectivity index (χ0v) is 10.4. The molecular formula is C9H11BrN2O4. The van der Waals surface area contributed by atoms with Gasteiger partial charge in [-0.1, -0.05) is 15.9 Å². The minimum atomic E-state index is -0.688. The molecule has 0 aliphatic carbocycles. The lowest BCUT2D eigenvalue weighted by molar-refractivity contribution is -0.402. The average Bonchev–Trinajstić information content (AvgIpc) is 2.66. The van der Waals surface area contributed by atoms with Crippen LogP contribution in [0.5, 0.6) is 0 Å². The van der Waals surface area contributed by atoms with Crippen molar-refractivity contribution in [3.05, 3.63) is 28.0 Å². The number of rotatable bonds is 4. The van der Waals surface area contributed by atoms with Crippen LogP contribution in [0.25, 0.3) is 0 Å². The summed E-state index contributed by atoms with van der Waals surface area (Å²) in [5.74, 6) is -0.986. The molecule has 1 rings (SSSR count). The van der Waals surface area contributed by atoms with Gasteiger partial charge in [0.05, 0.1) is 6.07 Å². The maximum Gasteiger partial charge on any atom is 0.433 e. The van der Waals surface area contributed by atoms with Gasteiger partial charge in [0.25, 0.3) is 5.91 Å². The summed E-state index contributed by atoms with van der Waals surface area (Å²) >= 11 is 3.25. The number of nitrogens with zero attached hydrogens (tertiary/aromatic N) is 1. The highest BCUT2D eigenvalue weighted by molar-refractivity contribution is 9.09. The topological polar surface area (TPSA) is 85.4 Å². The molecule has 0 aliphatic rings. The van der Waals surface area contributed by atoms with Gasteiger partial charge in [0.2, 0.25) is 0 Å². The Morgan fingerprint density at radius 3 is 2.69 bits per heavy atom. The Hall–Kier alpha value is -1.37. The van der Waals surface area contributed by atoms with E-state index >= 15 is 0 Å². The molecule has 0 aromatic carbocycles. The SMILES string of the molecule is CC(C)(CBr)NC(=O)c1ccc([N+](=O)[O-])o1. The Bertz CT molecular complexity index is 413. The number of hydrogen-bond acceptors (Lipinski definition) is 4. The Labute approximate surface area is 100 Å². The number of hydrogen-bond donors (Lipinski definition) is 1. The summed E-state index contributed by atoms with van der Waals surface area (Å²) in [6.07, 6.45) is 0. The number of furan rings is 1. The zero-order chi connectivity index (χ0) is 12.3. The zero-order valence-electron chi connectivity index (χ0n) is 8.82. The van der Waals surface area contributed by atoms with Gasteiger partial charge < -0.3 is 9.73 Å². The maximum atomic E-state index is 11.6. The number of carbonyl (C=O) groups is 1. The molecule has 0 unspecified atom stereocenters. The highest BCUT2D eigenvalue weighted by Crippen LogP contribution is 2.16. The summed E-state index contributed by atoms with van der Waals surface area (Å²) in [5, 5.41) is 13.6. The van der Waals surface area contributed by atoms with Gasteiger partial charge in [-0.15, -0.1) is 0 Å². The molecule has 1 aromatic heterocycles. The Morgan fingerprint density at radius 1 is 1.62 bits per heavy atom. The monoisotopic (exact) mass is 290 g/mol. The molecule has 6 nitrogen and oxygen atoms in total. The third kappa shape index (κ3) is 3.06. The van der Waals surface area contributed by atoms with Crippen molar-refractivity contribution in [2.45, 2.75) is 19.4 Å². The van der Waals surface area contributed by atoms with Gasteiger partial charge in [0.1, 0.15) is 4.92 Å². The second-order valence-corrected chi connectivity index (χ2v) is 4.43. The molecule has 0 spiro atoms. The molecule has 16 heavy (non-hydrogen) atoms. The quantitative estimate of drug-likeness (QED) is 0.523. The number of halogens is 1. The number of nitro groups is 1. The summed E-state index contributed by atoms with van der Waals surface area (Å²) in [5.41, 5.74) is -0.446. The van der Waals surface area contributed by atoms with E-state index in [0.717, 1.165) is 6.07 Å². The van der Waals surface area contributed by atoms with Crippen LogP contribution in [0.3, 0.4) is 0 Å². The number of amides is 1. The third-order valence-electron chi connectivity index (χ3n) is 1.78. The lowest BCUT2D eigenvalue weighted by Gasteiger charge is -2.22. The van der Waals surface area contributed by atoms with Gasteiger partial charge in [-0.05, 0) is 19.9 Å². The molecule has 7 heteroatoms. The highest BCUT2D eigenvalue weighted by atomic mass is 79.9. The highest BCUT2D eigenvalue weighted by Gasteiger charge is 2.23. The summed E-state index contributed by atoms with van der Waals surface area (Å²) in [6, 6.07) is 2.42. The normalized spacial score (nSPS) is 11.2. The van der Waals surface area contributed by atoms with Crippen molar-refractivity contribution in [2.75, 3.05) is 5.33 Å². The third-order valence-corrected chi connectivity index (χ3v) is 3.18. The predicted molar refractivity (Wildman–Crippen MR) is 60.7 cm³/mol. The van der Waals surface area contributed by atoms with Crippen molar-refractivity contribution in [1.82, 2.24) is 5.32 Å². The van der Waals surface area contributed by atoms with E-state index in [1.54, 1.807) is 0 Å². The molecule has 1 heterocycles. The molecule has 0 saturated carbocycles. The summed E-state index contributed by atoms with van der Waals surface area (Å²) in [7, 11) is 0. The number of alkyl halides is 1. The van der Waals surface area contributed by atoms with E-state index in [0.29, 0.717) is 5.33 Å². The van der Waals surface area contributed by atoms with Crippen LogP contribution in [0.4, 0.5) is 5.88 Å². The van der Waals surface area contributed by atoms with Gasteiger partial charge >= 0.3 is 5.88 Å². The molecule has 1 amide bonds. The van der Waals surface area contributed by atoms with Crippen LogP contribution in [0.1, 0.15) is 24.4 Å². The average molecular weight is 291 g/mol. The lowest BCUT2D eigenvalue weighted by atomic mass is 10.1. The first kappa shape index (κ1) is 12.7. The minimum Gasteiger partial charge on any atom is -0.395 e. The fourth-order valence-corrected chi connectivity index (χ4v) is 1.09. The number of carbonyl (C=O) groups excluding carboxylic acids is 1. The van der Waals surface area contributed by atoms with Crippen LogP contribution in [0, 0.1) is 10.1 Å². The molecule has 0 atom stereocenters. The lowest BCUT2D eigenvalue weighted by Crippen LogP contribution is -2.44. The van der Waals surface area contributed by atoms with Crippen LogP contribution in [-0.4, -0.2) is 21.7 Å². The predicted octanol–water partition coefficient (Wildman–Crippen LogP) is 2.09. The van der Waals surface area contributed by atoms with Crippen molar-refractivity contribution in [2.24, 2.45) is 0 Å². The van der Waals surface area contributed by atoms with E-state index in [1.807, 2.05) is 13.8 Å². The van der Waals surface area contributed by atoms with Crippen molar-refractivity contribution in [3.63, 3.8) is 0 Å². The van der Waals surface area contributed by atoms with E-state index in [4.69, 9.17) is 4.42 Å². The van der Waals surface area contributed by atoms with E-state index in [-0.39, 0.29) is 5.76 Å².